The van der Waals surface area contributed by atoms with E-state index < -0.39 is 17.9 Å². The minimum absolute atomic E-state index is 0.103. The summed E-state index contributed by atoms with van der Waals surface area (Å²) in [5, 5.41) is 18.5. The second-order valence-electron chi connectivity index (χ2n) is 9.82. The van der Waals surface area contributed by atoms with Crippen molar-refractivity contribution in [3.63, 3.8) is 0 Å². The predicted octanol–water partition coefficient (Wildman–Crippen LogP) is 4.78. The lowest BCUT2D eigenvalue weighted by atomic mass is 9.48. The molecular formula is C26H26O7. The quantitative estimate of drug-likeness (QED) is 0.481. The third-order valence-electron chi connectivity index (χ3n) is 7.71. The van der Waals surface area contributed by atoms with Gasteiger partial charge in [0, 0.05) is 5.56 Å². The zero-order valence-electron chi connectivity index (χ0n) is 18.4. The van der Waals surface area contributed by atoms with Gasteiger partial charge in [-0.25, -0.2) is 14.4 Å². The van der Waals surface area contributed by atoms with Crippen LogP contribution in [0.15, 0.2) is 36.4 Å². The molecule has 0 atom stereocenters. The summed E-state index contributed by atoms with van der Waals surface area (Å²) in [6, 6.07) is 8.71. The first-order chi connectivity index (χ1) is 15.8. The van der Waals surface area contributed by atoms with Gasteiger partial charge >= 0.3 is 17.9 Å². The fourth-order valence-electron chi connectivity index (χ4n) is 6.77. The number of carboxylic acids is 2. The lowest BCUT2D eigenvalue weighted by Gasteiger charge is -2.57. The number of carbonyl (C=O) groups is 3. The summed E-state index contributed by atoms with van der Waals surface area (Å²) in [7, 11) is 1.60. The molecular weight excluding hydrogens is 424 g/mol. The number of benzene rings is 2. The van der Waals surface area contributed by atoms with Gasteiger partial charge in [0.05, 0.1) is 18.2 Å². The van der Waals surface area contributed by atoms with Gasteiger partial charge in [0.2, 0.25) is 0 Å². The van der Waals surface area contributed by atoms with Crippen molar-refractivity contribution >= 4 is 17.9 Å². The van der Waals surface area contributed by atoms with Crippen LogP contribution in [0.5, 0.6) is 11.5 Å². The topological polar surface area (TPSA) is 110 Å². The maximum absolute atomic E-state index is 12.8. The number of hydrogen-bond acceptors (Lipinski definition) is 5. The van der Waals surface area contributed by atoms with Crippen LogP contribution in [0.25, 0.3) is 0 Å². The first kappa shape index (κ1) is 21.5. The van der Waals surface area contributed by atoms with E-state index in [1.165, 1.54) is 31.4 Å². The molecule has 0 spiro atoms. The molecule has 0 amide bonds. The predicted molar refractivity (Wildman–Crippen MR) is 118 cm³/mol. The minimum atomic E-state index is -1.38. The van der Waals surface area contributed by atoms with E-state index in [0.29, 0.717) is 5.75 Å². The van der Waals surface area contributed by atoms with Crippen molar-refractivity contribution in [2.45, 2.75) is 43.9 Å². The van der Waals surface area contributed by atoms with Gasteiger partial charge in [0.15, 0.2) is 0 Å². The number of carbonyl (C=O) groups excluding carboxylic acids is 1. The number of aromatic carboxylic acids is 2. The molecule has 6 rings (SSSR count). The highest BCUT2D eigenvalue weighted by Gasteiger charge is 2.52. The molecule has 2 aromatic rings. The van der Waals surface area contributed by atoms with E-state index in [1.54, 1.807) is 19.2 Å². The van der Waals surface area contributed by atoms with E-state index >= 15 is 0 Å². The van der Waals surface area contributed by atoms with Gasteiger partial charge in [-0.1, -0.05) is 6.07 Å². The Morgan fingerprint density at radius 1 is 0.818 bits per heavy atom. The van der Waals surface area contributed by atoms with Crippen molar-refractivity contribution < 1.29 is 34.1 Å². The average molecular weight is 450 g/mol. The van der Waals surface area contributed by atoms with Crippen molar-refractivity contribution in [2.24, 2.45) is 17.8 Å². The van der Waals surface area contributed by atoms with Crippen LogP contribution in [0, 0.1) is 17.8 Å². The van der Waals surface area contributed by atoms with Gasteiger partial charge in [-0.3, -0.25) is 0 Å². The second kappa shape index (κ2) is 7.90. The molecule has 172 valence electrons. The Labute approximate surface area is 191 Å². The highest BCUT2D eigenvalue weighted by molar-refractivity contribution is 5.98. The monoisotopic (exact) mass is 450 g/mol. The third kappa shape index (κ3) is 3.75. The maximum atomic E-state index is 12.8. The first-order valence-corrected chi connectivity index (χ1v) is 11.3. The van der Waals surface area contributed by atoms with Gasteiger partial charge in [0.1, 0.15) is 17.1 Å². The van der Waals surface area contributed by atoms with Crippen LogP contribution < -0.4 is 9.47 Å². The van der Waals surface area contributed by atoms with E-state index in [0.717, 1.165) is 48.6 Å². The fraction of sp³-hybridized carbons (Fsp3) is 0.423. The smallest absolute Gasteiger partial charge is 0.343 e. The molecule has 0 aliphatic heterocycles. The van der Waals surface area contributed by atoms with Crippen molar-refractivity contribution in [1.82, 2.24) is 0 Å². The SMILES string of the molecule is COc1cc(C(=O)Oc2ccc(C(=O)O)cc2C(=O)O)ccc1C12CC3CC(CC(C3)C1)C2. The van der Waals surface area contributed by atoms with E-state index in [2.05, 4.69) is 0 Å². The summed E-state index contributed by atoms with van der Waals surface area (Å²) in [6.45, 7) is 0. The Morgan fingerprint density at radius 2 is 1.42 bits per heavy atom. The lowest BCUT2D eigenvalue weighted by Crippen LogP contribution is -2.48. The van der Waals surface area contributed by atoms with Crippen LogP contribution in [0.4, 0.5) is 0 Å². The van der Waals surface area contributed by atoms with Gasteiger partial charge in [0.25, 0.3) is 0 Å². The first-order valence-electron chi connectivity index (χ1n) is 11.3. The summed E-state index contributed by atoms with van der Waals surface area (Å²) in [5.41, 5.74) is 0.914. The van der Waals surface area contributed by atoms with E-state index in [1.807, 2.05) is 6.07 Å². The number of carboxylic acid groups (broad SMARTS) is 2. The summed E-state index contributed by atoms with van der Waals surface area (Å²) in [5.74, 6) is -0.601. The Hall–Kier alpha value is -3.35. The van der Waals surface area contributed by atoms with E-state index in [-0.39, 0.29) is 27.9 Å². The normalized spacial score (nSPS) is 27.2. The Morgan fingerprint density at radius 3 is 1.97 bits per heavy atom. The van der Waals surface area contributed by atoms with Crippen LogP contribution in [0.3, 0.4) is 0 Å². The third-order valence-corrected chi connectivity index (χ3v) is 7.71. The van der Waals surface area contributed by atoms with Gasteiger partial charge in [-0.05, 0) is 92.0 Å². The van der Waals surface area contributed by atoms with Gasteiger partial charge in [-0.2, -0.15) is 0 Å². The second-order valence-corrected chi connectivity index (χ2v) is 9.82. The molecule has 2 N–H and O–H groups in total. The van der Waals surface area contributed by atoms with Crippen LogP contribution in [-0.4, -0.2) is 35.2 Å². The van der Waals surface area contributed by atoms with Crippen LogP contribution in [-0.2, 0) is 5.41 Å². The number of methoxy groups -OCH3 is 1. The molecule has 0 unspecified atom stereocenters. The molecule has 4 fully saturated rings. The van der Waals surface area contributed by atoms with Crippen molar-refractivity contribution in [3.8, 4) is 11.5 Å². The lowest BCUT2D eigenvalue weighted by molar-refractivity contribution is -0.00618. The molecule has 0 heterocycles. The fourth-order valence-corrected chi connectivity index (χ4v) is 6.77. The highest BCUT2D eigenvalue weighted by Crippen LogP contribution is 2.61. The number of rotatable bonds is 6. The minimum Gasteiger partial charge on any atom is -0.496 e. The van der Waals surface area contributed by atoms with E-state index in [4.69, 9.17) is 14.6 Å². The number of hydrogen-bond donors (Lipinski definition) is 2. The number of esters is 1. The standard InChI is InChI=1S/C26H26O7/c1-32-22-10-18(25(31)33-21-5-3-17(23(27)28)9-19(21)24(29)30)2-4-20(22)26-11-14-6-15(12-26)8-16(7-14)13-26/h2-5,9-10,14-16H,6-8,11-13H2,1H3,(H,27,28)(H,29,30). The summed E-state index contributed by atoms with van der Waals surface area (Å²) >= 11 is 0. The van der Waals surface area contributed by atoms with Crippen LogP contribution >= 0.6 is 0 Å². The molecule has 4 aliphatic rings. The largest absolute Gasteiger partial charge is 0.496 e. The molecule has 7 heteroatoms. The molecule has 7 nitrogen and oxygen atoms in total. The Kier molecular flexibility index (Phi) is 5.15. The van der Waals surface area contributed by atoms with Gasteiger partial charge < -0.3 is 19.7 Å². The highest BCUT2D eigenvalue weighted by atomic mass is 16.5. The molecule has 0 saturated heterocycles. The van der Waals surface area contributed by atoms with E-state index in [9.17, 15) is 19.5 Å². The van der Waals surface area contributed by atoms with Crippen molar-refractivity contribution in [1.29, 1.82) is 0 Å². The molecule has 4 bridgehead atoms. The average Bonchev–Trinajstić information content (AvgIpc) is 2.77. The Balaban J connectivity index is 1.43. The molecule has 4 aliphatic carbocycles. The maximum Gasteiger partial charge on any atom is 0.343 e. The molecule has 0 radical (unpaired) electrons. The van der Waals surface area contributed by atoms with Crippen molar-refractivity contribution in [3.05, 3.63) is 58.7 Å². The molecule has 4 saturated carbocycles. The summed E-state index contributed by atoms with van der Waals surface area (Å²) in [4.78, 5) is 35.6. The summed E-state index contributed by atoms with van der Waals surface area (Å²) in [6.07, 6.45) is 7.49. The zero-order valence-corrected chi connectivity index (χ0v) is 18.4. The zero-order chi connectivity index (χ0) is 23.3. The molecule has 2 aromatic carbocycles. The number of ether oxygens (including phenoxy) is 2. The Bertz CT molecular complexity index is 1110. The van der Waals surface area contributed by atoms with Crippen LogP contribution in [0.2, 0.25) is 0 Å². The molecule has 33 heavy (non-hydrogen) atoms. The van der Waals surface area contributed by atoms with Crippen LogP contribution in [0.1, 0.15) is 75.2 Å². The van der Waals surface area contributed by atoms with Crippen molar-refractivity contribution in [2.75, 3.05) is 7.11 Å². The van der Waals surface area contributed by atoms with Gasteiger partial charge in [-0.15, -0.1) is 0 Å². The summed E-state index contributed by atoms with van der Waals surface area (Å²) < 4.78 is 11.1. The molecule has 0 aromatic heterocycles.